The lowest BCUT2D eigenvalue weighted by atomic mass is 9.89. The van der Waals surface area contributed by atoms with Crippen molar-refractivity contribution < 1.29 is 0 Å². The summed E-state index contributed by atoms with van der Waals surface area (Å²) in [5.74, 6) is 0.612. The first-order chi connectivity index (χ1) is 9.15. The summed E-state index contributed by atoms with van der Waals surface area (Å²) in [7, 11) is 0. The molecule has 0 spiro atoms. The van der Waals surface area contributed by atoms with Crippen molar-refractivity contribution in [2.75, 3.05) is 0 Å². The predicted molar refractivity (Wildman–Crippen MR) is 81.9 cm³/mol. The molecule has 1 aromatic carbocycles. The second-order valence-corrected chi connectivity index (χ2v) is 6.41. The maximum absolute atomic E-state index is 6.45. The Balaban J connectivity index is 2.19. The summed E-state index contributed by atoms with van der Waals surface area (Å²) in [6.45, 7) is 4.44. The predicted octanol–water partition coefficient (Wildman–Crippen LogP) is 4.97. The van der Waals surface area contributed by atoms with E-state index in [4.69, 9.17) is 16.6 Å². The van der Waals surface area contributed by atoms with Gasteiger partial charge in [0.1, 0.15) is 0 Å². The highest BCUT2D eigenvalue weighted by Gasteiger charge is 2.15. The van der Waals surface area contributed by atoms with E-state index in [0.29, 0.717) is 5.92 Å². The molecule has 0 atom stereocenters. The average molecular weight is 274 g/mol. The lowest BCUT2D eigenvalue weighted by Crippen LogP contribution is -2.06. The number of pyridine rings is 1. The average Bonchev–Trinajstić information content (AvgIpc) is 2.38. The van der Waals surface area contributed by atoms with Crippen LogP contribution >= 0.6 is 11.6 Å². The molecule has 0 saturated heterocycles. The topological polar surface area (TPSA) is 12.9 Å². The Bertz CT molecular complexity index is 616. The summed E-state index contributed by atoms with van der Waals surface area (Å²) in [6, 6.07) is 6.43. The molecule has 1 aromatic heterocycles. The molecule has 0 N–H and O–H groups in total. The molecule has 1 nitrogen and oxygen atoms in total. The van der Waals surface area contributed by atoms with E-state index in [-0.39, 0.29) is 0 Å². The smallest absolute Gasteiger partial charge is 0.0754 e. The van der Waals surface area contributed by atoms with E-state index in [1.165, 1.54) is 30.4 Å². The summed E-state index contributed by atoms with van der Waals surface area (Å²) >= 11 is 6.45. The molecule has 0 unspecified atom stereocenters. The molecule has 19 heavy (non-hydrogen) atoms. The Labute approximate surface area is 120 Å². The third-order valence-electron chi connectivity index (χ3n) is 3.93. The van der Waals surface area contributed by atoms with Gasteiger partial charge < -0.3 is 0 Å². The number of fused-ring (bicyclic) bond motifs is 3. The number of aryl methyl sites for hydroxylation is 2. The Morgan fingerprint density at radius 2 is 2.00 bits per heavy atom. The first-order valence-corrected chi connectivity index (χ1v) is 7.63. The van der Waals surface area contributed by atoms with Crippen LogP contribution in [0.15, 0.2) is 18.2 Å². The highest BCUT2D eigenvalue weighted by atomic mass is 35.5. The molecule has 3 rings (SSSR count). The van der Waals surface area contributed by atoms with Crippen molar-refractivity contribution in [3.05, 3.63) is 40.0 Å². The highest BCUT2D eigenvalue weighted by Crippen LogP contribution is 2.32. The first-order valence-electron chi connectivity index (χ1n) is 7.25. The molecule has 0 radical (unpaired) electrons. The van der Waals surface area contributed by atoms with E-state index in [1.807, 2.05) is 6.07 Å². The number of rotatable bonds is 2. The van der Waals surface area contributed by atoms with Gasteiger partial charge in [-0.2, -0.15) is 0 Å². The molecule has 0 aliphatic heterocycles. The second kappa shape index (κ2) is 5.13. The summed E-state index contributed by atoms with van der Waals surface area (Å²) in [4.78, 5) is 4.91. The summed E-state index contributed by atoms with van der Waals surface area (Å²) < 4.78 is 0. The van der Waals surface area contributed by atoms with Crippen LogP contribution in [0.3, 0.4) is 0 Å². The minimum Gasteiger partial charge on any atom is -0.252 e. The van der Waals surface area contributed by atoms with Crippen molar-refractivity contribution in [1.82, 2.24) is 4.98 Å². The monoisotopic (exact) mass is 273 g/mol. The van der Waals surface area contributed by atoms with Crippen molar-refractivity contribution >= 4 is 22.5 Å². The molecule has 1 aliphatic rings. The maximum atomic E-state index is 6.45. The zero-order valence-corrected chi connectivity index (χ0v) is 12.4. The number of hydrogen-bond donors (Lipinski definition) is 0. The third kappa shape index (κ3) is 2.49. The van der Waals surface area contributed by atoms with Crippen LogP contribution in [0, 0.1) is 5.92 Å². The molecular weight excluding hydrogens is 254 g/mol. The van der Waals surface area contributed by atoms with Gasteiger partial charge in [0.15, 0.2) is 0 Å². The zero-order chi connectivity index (χ0) is 13.4. The van der Waals surface area contributed by atoms with Gasteiger partial charge >= 0.3 is 0 Å². The van der Waals surface area contributed by atoms with Gasteiger partial charge in [-0.25, -0.2) is 0 Å². The summed E-state index contributed by atoms with van der Waals surface area (Å²) in [6.07, 6.45) is 5.93. The molecule has 0 amide bonds. The molecule has 1 heterocycles. The third-order valence-corrected chi connectivity index (χ3v) is 4.24. The molecule has 0 fully saturated rings. The van der Waals surface area contributed by atoms with Gasteiger partial charge in [0.2, 0.25) is 0 Å². The minimum atomic E-state index is 0.612. The van der Waals surface area contributed by atoms with Crippen LogP contribution in [0.2, 0.25) is 5.02 Å². The van der Waals surface area contributed by atoms with Gasteiger partial charge in [0, 0.05) is 11.1 Å². The Kier molecular flexibility index (Phi) is 3.49. The van der Waals surface area contributed by atoms with Crippen LogP contribution in [-0.4, -0.2) is 4.98 Å². The van der Waals surface area contributed by atoms with E-state index < -0.39 is 0 Å². The normalized spacial score (nSPS) is 14.9. The van der Waals surface area contributed by atoms with E-state index in [1.54, 1.807) is 0 Å². The zero-order valence-electron chi connectivity index (χ0n) is 11.7. The molecular formula is C17H20ClN. The van der Waals surface area contributed by atoms with E-state index in [0.717, 1.165) is 34.5 Å². The Morgan fingerprint density at radius 1 is 1.21 bits per heavy atom. The highest BCUT2D eigenvalue weighted by molar-refractivity contribution is 6.35. The molecule has 0 saturated carbocycles. The fourth-order valence-electron chi connectivity index (χ4n) is 3.05. The van der Waals surface area contributed by atoms with E-state index in [9.17, 15) is 0 Å². The van der Waals surface area contributed by atoms with Crippen molar-refractivity contribution in [2.24, 2.45) is 5.92 Å². The van der Waals surface area contributed by atoms with Crippen LogP contribution in [0.1, 0.15) is 43.5 Å². The van der Waals surface area contributed by atoms with Gasteiger partial charge in [-0.05, 0) is 55.2 Å². The van der Waals surface area contributed by atoms with Crippen LogP contribution < -0.4 is 0 Å². The Morgan fingerprint density at radius 3 is 2.79 bits per heavy atom. The van der Waals surface area contributed by atoms with Gasteiger partial charge in [-0.1, -0.05) is 37.6 Å². The maximum Gasteiger partial charge on any atom is 0.0754 e. The van der Waals surface area contributed by atoms with E-state index >= 15 is 0 Å². The molecule has 100 valence electrons. The molecule has 0 bridgehead atoms. The number of halogens is 1. The number of nitrogens with zero attached hydrogens (tertiary/aromatic N) is 1. The largest absolute Gasteiger partial charge is 0.252 e. The van der Waals surface area contributed by atoms with Crippen LogP contribution in [0.25, 0.3) is 10.9 Å². The molecule has 2 heteroatoms. The fourth-order valence-corrected chi connectivity index (χ4v) is 3.33. The minimum absolute atomic E-state index is 0.612. The fraction of sp³-hybridized carbons (Fsp3) is 0.471. The second-order valence-electron chi connectivity index (χ2n) is 6.00. The van der Waals surface area contributed by atoms with Crippen molar-refractivity contribution in [1.29, 1.82) is 0 Å². The van der Waals surface area contributed by atoms with Crippen LogP contribution in [-0.2, 0) is 19.3 Å². The Hall–Kier alpha value is -1.08. The quantitative estimate of drug-likeness (QED) is 0.753. The SMILES string of the molecule is CC(C)Cc1cc(Cl)c2ccc3c(c2n1)CCCC3. The molecule has 1 aliphatic carbocycles. The summed E-state index contributed by atoms with van der Waals surface area (Å²) in [5, 5.41) is 1.98. The first kappa shape index (κ1) is 12.9. The molecule has 2 aromatic rings. The van der Waals surface area contributed by atoms with Gasteiger partial charge in [-0.3, -0.25) is 4.98 Å². The van der Waals surface area contributed by atoms with Gasteiger partial charge in [-0.15, -0.1) is 0 Å². The number of benzene rings is 1. The number of hydrogen-bond acceptors (Lipinski definition) is 1. The lowest BCUT2D eigenvalue weighted by Gasteiger charge is -2.18. The lowest BCUT2D eigenvalue weighted by molar-refractivity contribution is 0.636. The van der Waals surface area contributed by atoms with Crippen molar-refractivity contribution in [2.45, 2.75) is 46.0 Å². The van der Waals surface area contributed by atoms with Crippen molar-refractivity contribution in [3.63, 3.8) is 0 Å². The standard InChI is InChI=1S/C17H20ClN/c1-11(2)9-13-10-16(18)15-8-7-12-5-3-4-6-14(12)17(15)19-13/h7-8,10-11H,3-6,9H2,1-2H3. The number of aromatic nitrogens is 1. The van der Waals surface area contributed by atoms with Crippen molar-refractivity contribution in [3.8, 4) is 0 Å². The van der Waals surface area contributed by atoms with Crippen LogP contribution in [0.4, 0.5) is 0 Å². The van der Waals surface area contributed by atoms with Gasteiger partial charge in [0.25, 0.3) is 0 Å². The van der Waals surface area contributed by atoms with Gasteiger partial charge in [0.05, 0.1) is 10.5 Å². The summed E-state index contributed by atoms with van der Waals surface area (Å²) in [5.41, 5.74) is 5.20. The van der Waals surface area contributed by atoms with E-state index in [2.05, 4.69) is 26.0 Å². The van der Waals surface area contributed by atoms with Crippen LogP contribution in [0.5, 0.6) is 0 Å².